The van der Waals surface area contributed by atoms with E-state index in [9.17, 15) is 9.59 Å². The van der Waals surface area contributed by atoms with Crippen molar-refractivity contribution in [3.05, 3.63) is 0 Å². The smallest absolute Gasteiger partial charge is 0.326 e. The molecule has 0 spiro atoms. The van der Waals surface area contributed by atoms with Gasteiger partial charge in [-0.05, 0) is 20.8 Å². The maximum Gasteiger partial charge on any atom is 0.326 e. The van der Waals surface area contributed by atoms with Crippen molar-refractivity contribution in [2.24, 2.45) is 5.73 Å². The summed E-state index contributed by atoms with van der Waals surface area (Å²) >= 11 is 0. The lowest BCUT2D eigenvalue weighted by molar-refractivity contribution is -0.159. The molecule has 0 aromatic rings. The second-order valence-corrected chi connectivity index (χ2v) is 3.94. The van der Waals surface area contributed by atoms with Crippen molar-refractivity contribution in [1.82, 2.24) is 0 Å². The van der Waals surface area contributed by atoms with Crippen molar-refractivity contribution >= 4 is 11.9 Å². The van der Waals surface area contributed by atoms with E-state index in [1.807, 2.05) is 0 Å². The van der Waals surface area contributed by atoms with E-state index in [2.05, 4.69) is 4.74 Å². The van der Waals surface area contributed by atoms with Crippen molar-refractivity contribution in [1.29, 1.82) is 0 Å². The number of nitrogens with two attached hydrogens (primary N) is 1. The summed E-state index contributed by atoms with van der Waals surface area (Å²) in [6.07, 6.45) is 0. The summed E-state index contributed by atoms with van der Waals surface area (Å²) in [7, 11) is 0. The van der Waals surface area contributed by atoms with Crippen LogP contribution < -0.4 is 5.73 Å². The second kappa shape index (κ2) is 4.95. The molecule has 0 aliphatic rings. The molecular weight excluding hydrogens is 186 g/mol. The summed E-state index contributed by atoms with van der Waals surface area (Å²) < 4.78 is 9.55. The van der Waals surface area contributed by atoms with Gasteiger partial charge in [0.05, 0.1) is 0 Å². The highest BCUT2D eigenvalue weighted by Crippen LogP contribution is 2.07. The zero-order chi connectivity index (χ0) is 11.4. The number of hydrogen-bond donors (Lipinski definition) is 1. The van der Waals surface area contributed by atoms with Crippen LogP contribution in [0.5, 0.6) is 0 Å². The summed E-state index contributed by atoms with van der Waals surface area (Å²) in [5, 5.41) is 0. The van der Waals surface area contributed by atoms with E-state index in [0.29, 0.717) is 0 Å². The molecule has 1 atom stereocenters. The van der Waals surface area contributed by atoms with E-state index < -0.39 is 23.6 Å². The molecule has 0 saturated carbocycles. The molecule has 5 nitrogen and oxygen atoms in total. The van der Waals surface area contributed by atoms with Gasteiger partial charge < -0.3 is 15.2 Å². The lowest BCUT2D eigenvalue weighted by Crippen LogP contribution is -2.40. The molecule has 0 aromatic carbocycles. The Bertz CT molecular complexity index is 219. The summed E-state index contributed by atoms with van der Waals surface area (Å²) in [5.41, 5.74) is 4.84. The maximum atomic E-state index is 11.2. The van der Waals surface area contributed by atoms with Gasteiger partial charge in [0, 0.05) is 6.92 Å². The third kappa shape index (κ3) is 6.42. The molecule has 0 heterocycles. The molecule has 0 aliphatic carbocycles. The van der Waals surface area contributed by atoms with E-state index >= 15 is 0 Å². The summed E-state index contributed by atoms with van der Waals surface area (Å²) in [6.45, 7) is 6.32. The lowest BCUT2D eigenvalue weighted by Gasteiger charge is -2.21. The summed E-state index contributed by atoms with van der Waals surface area (Å²) in [4.78, 5) is 21.7. The van der Waals surface area contributed by atoms with Crippen LogP contribution in [0.25, 0.3) is 0 Å². The first-order valence-electron chi connectivity index (χ1n) is 4.34. The van der Waals surface area contributed by atoms with Gasteiger partial charge in [-0.1, -0.05) is 0 Å². The molecule has 82 valence electrons. The molecule has 0 saturated heterocycles. The van der Waals surface area contributed by atoms with Gasteiger partial charge in [-0.2, -0.15) is 0 Å². The number of carbonyl (C=O) groups is 2. The van der Waals surface area contributed by atoms with Crippen LogP contribution in [0.2, 0.25) is 0 Å². The Hall–Kier alpha value is -1.10. The highest BCUT2D eigenvalue weighted by molar-refractivity contribution is 5.76. The quantitative estimate of drug-likeness (QED) is 0.664. The molecule has 0 fully saturated rings. The Balaban J connectivity index is 3.94. The second-order valence-electron chi connectivity index (χ2n) is 3.94. The van der Waals surface area contributed by atoms with Crippen LogP contribution in [0.3, 0.4) is 0 Å². The minimum atomic E-state index is -0.918. The van der Waals surface area contributed by atoms with Crippen LogP contribution in [0, 0.1) is 0 Å². The van der Waals surface area contributed by atoms with Crippen molar-refractivity contribution < 1.29 is 19.1 Å². The van der Waals surface area contributed by atoms with Gasteiger partial charge in [0.15, 0.2) is 0 Å². The van der Waals surface area contributed by atoms with Crippen molar-refractivity contribution in [2.75, 3.05) is 6.61 Å². The Kier molecular flexibility index (Phi) is 4.56. The summed E-state index contributed by atoms with van der Waals surface area (Å²) in [6, 6.07) is -0.918. The number of ether oxygens (including phenoxy) is 2. The Labute approximate surface area is 83.5 Å². The molecule has 0 aliphatic heterocycles. The average molecular weight is 203 g/mol. The van der Waals surface area contributed by atoms with Crippen LogP contribution in [-0.4, -0.2) is 30.2 Å². The Morgan fingerprint density at radius 1 is 1.36 bits per heavy atom. The molecule has 5 heteroatoms. The van der Waals surface area contributed by atoms with Crippen molar-refractivity contribution in [3.8, 4) is 0 Å². The highest BCUT2D eigenvalue weighted by Gasteiger charge is 2.22. The molecular formula is C9H17NO4. The van der Waals surface area contributed by atoms with Gasteiger partial charge in [0.2, 0.25) is 0 Å². The zero-order valence-electron chi connectivity index (χ0n) is 8.99. The molecule has 0 rings (SSSR count). The third-order valence-electron chi connectivity index (χ3n) is 1.18. The van der Waals surface area contributed by atoms with Gasteiger partial charge in [-0.3, -0.25) is 9.59 Å². The predicted octanol–water partition coefficient (Wildman–Crippen LogP) is 0.218. The average Bonchev–Trinajstić information content (AvgIpc) is 1.96. The van der Waals surface area contributed by atoms with Crippen LogP contribution in [0.4, 0.5) is 0 Å². The fourth-order valence-corrected chi connectivity index (χ4v) is 0.653. The monoisotopic (exact) mass is 203 g/mol. The minimum absolute atomic E-state index is 0.149. The predicted molar refractivity (Wildman–Crippen MR) is 50.5 cm³/mol. The fraction of sp³-hybridized carbons (Fsp3) is 0.778. The number of carbonyl (C=O) groups excluding carboxylic acids is 2. The van der Waals surface area contributed by atoms with Crippen LogP contribution in [0.15, 0.2) is 0 Å². The van der Waals surface area contributed by atoms with Gasteiger partial charge >= 0.3 is 11.9 Å². The summed E-state index contributed by atoms with van der Waals surface area (Å²) in [5.74, 6) is -1.04. The standard InChI is InChI=1S/C9H17NO4/c1-6(11)13-5-7(10)8(12)14-9(2,3)4/h7H,5,10H2,1-4H3. The van der Waals surface area contributed by atoms with Gasteiger partial charge in [-0.25, -0.2) is 0 Å². The number of rotatable bonds is 3. The van der Waals surface area contributed by atoms with Gasteiger partial charge in [-0.15, -0.1) is 0 Å². The van der Waals surface area contributed by atoms with Crippen molar-refractivity contribution in [3.63, 3.8) is 0 Å². The normalized spacial score (nSPS) is 13.2. The van der Waals surface area contributed by atoms with Crippen LogP contribution in [-0.2, 0) is 19.1 Å². The van der Waals surface area contributed by atoms with Gasteiger partial charge in [0.25, 0.3) is 0 Å². The number of esters is 2. The van der Waals surface area contributed by atoms with Crippen LogP contribution in [0.1, 0.15) is 27.7 Å². The van der Waals surface area contributed by atoms with E-state index in [4.69, 9.17) is 10.5 Å². The number of hydrogen-bond acceptors (Lipinski definition) is 5. The van der Waals surface area contributed by atoms with E-state index in [1.54, 1.807) is 20.8 Å². The van der Waals surface area contributed by atoms with Crippen molar-refractivity contribution in [2.45, 2.75) is 39.3 Å². The molecule has 0 amide bonds. The Morgan fingerprint density at radius 2 is 1.86 bits per heavy atom. The molecule has 0 aromatic heterocycles. The topological polar surface area (TPSA) is 78.6 Å². The maximum absolute atomic E-state index is 11.2. The lowest BCUT2D eigenvalue weighted by atomic mass is 10.2. The third-order valence-corrected chi connectivity index (χ3v) is 1.18. The van der Waals surface area contributed by atoms with E-state index in [0.717, 1.165) is 0 Å². The minimum Gasteiger partial charge on any atom is -0.464 e. The molecule has 0 bridgehead atoms. The highest BCUT2D eigenvalue weighted by atomic mass is 16.6. The first-order chi connectivity index (χ1) is 6.22. The first kappa shape index (κ1) is 12.9. The SMILES string of the molecule is CC(=O)OCC(N)C(=O)OC(C)(C)C. The molecule has 1 unspecified atom stereocenters. The van der Waals surface area contributed by atoms with E-state index in [1.165, 1.54) is 6.92 Å². The van der Waals surface area contributed by atoms with Gasteiger partial charge in [0.1, 0.15) is 18.2 Å². The van der Waals surface area contributed by atoms with Crippen LogP contribution >= 0.6 is 0 Å². The Morgan fingerprint density at radius 3 is 2.21 bits per heavy atom. The molecule has 0 radical (unpaired) electrons. The van der Waals surface area contributed by atoms with E-state index in [-0.39, 0.29) is 6.61 Å². The largest absolute Gasteiger partial charge is 0.464 e. The molecule has 14 heavy (non-hydrogen) atoms. The fourth-order valence-electron chi connectivity index (χ4n) is 0.653. The first-order valence-corrected chi connectivity index (χ1v) is 4.34. The zero-order valence-corrected chi connectivity index (χ0v) is 8.99. The molecule has 2 N–H and O–H groups in total.